The van der Waals surface area contributed by atoms with Crippen LogP contribution in [0.2, 0.25) is 0 Å². The molecule has 1 fully saturated rings. The minimum absolute atomic E-state index is 0.0139. The quantitative estimate of drug-likeness (QED) is 0.673. The van der Waals surface area contributed by atoms with Crippen LogP contribution >= 0.6 is 0 Å². The fourth-order valence-corrected chi connectivity index (χ4v) is 3.49. The lowest BCUT2D eigenvalue weighted by molar-refractivity contribution is -0.121. The van der Waals surface area contributed by atoms with Gasteiger partial charge in [-0.3, -0.25) is 14.7 Å². The summed E-state index contributed by atoms with van der Waals surface area (Å²) in [5.74, 6) is 1.68. The maximum Gasteiger partial charge on any atom is 0.244 e. The molecule has 1 N–H and O–H groups in total. The van der Waals surface area contributed by atoms with Gasteiger partial charge in [0.2, 0.25) is 17.6 Å². The number of benzene rings is 1. The number of methoxy groups -OCH3 is 1. The number of carbonyl (C=O) groups excluding carboxylic acids is 1. The van der Waals surface area contributed by atoms with Crippen LogP contribution in [-0.2, 0) is 11.2 Å². The number of nitrogens with one attached hydrogen (secondary N) is 1. The van der Waals surface area contributed by atoms with Crippen LogP contribution < -0.4 is 10.1 Å². The fraction of sp³-hybridized carbons (Fsp3) is 0.350. The van der Waals surface area contributed by atoms with Crippen LogP contribution in [0.25, 0.3) is 11.5 Å². The Kier molecular flexibility index (Phi) is 5.48. The number of nitrogens with zero attached hydrogens (tertiary/aromatic N) is 5. The molecule has 0 bridgehead atoms. The van der Waals surface area contributed by atoms with Crippen LogP contribution in [0.4, 0.5) is 0 Å². The molecule has 0 aliphatic carbocycles. The first kappa shape index (κ1) is 19.0. The molecular formula is C20H22N6O3. The highest BCUT2D eigenvalue weighted by Gasteiger charge is 2.35. The Morgan fingerprint density at radius 2 is 2.14 bits per heavy atom. The van der Waals surface area contributed by atoms with E-state index in [1.807, 2.05) is 31.3 Å². The third-order valence-electron chi connectivity index (χ3n) is 4.96. The summed E-state index contributed by atoms with van der Waals surface area (Å²) in [6.07, 6.45) is 5.80. The molecule has 3 aromatic rings. The lowest BCUT2D eigenvalue weighted by atomic mass is 10.1. The first-order valence-electron chi connectivity index (χ1n) is 9.35. The molecule has 2 atom stereocenters. The van der Waals surface area contributed by atoms with Gasteiger partial charge in [0.1, 0.15) is 11.4 Å². The number of carbonyl (C=O) groups is 1. The maximum atomic E-state index is 12.4. The molecule has 0 radical (unpaired) electrons. The number of ether oxygens (including phenoxy) is 1. The van der Waals surface area contributed by atoms with E-state index < -0.39 is 0 Å². The van der Waals surface area contributed by atoms with Crippen molar-refractivity contribution >= 4 is 5.91 Å². The molecule has 4 rings (SSSR count). The standard InChI is InChI=1S/C20H22N6O3/c1-26-12-14(23-18(27)9-13-3-5-15(28-2)6-4-13)10-17(26)20-24-19(25-29-20)16-11-21-7-8-22-16/h3-8,11,14,17H,9-10,12H2,1-2H3,(H,23,27)/t14-,17-/m0/s1. The zero-order chi connectivity index (χ0) is 20.2. The lowest BCUT2D eigenvalue weighted by Crippen LogP contribution is -2.37. The topological polar surface area (TPSA) is 106 Å². The fourth-order valence-electron chi connectivity index (χ4n) is 3.49. The van der Waals surface area contributed by atoms with Crippen LogP contribution in [0.1, 0.15) is 23.9 Å². The van der Waals surface area contributed by atoms with Gasteiger partial charge in [-0.2, -0.15) is 4.98 Å². The monoisotopic (exact) mass is 394 g/mol. The van der Waals surface area contributed by atoms with Crippen molar-refractivity contribution in [3.63, 3.8) is 0 Å². The minimum atomic E-state index is -0.0563. The minimum Gasteiger partial charge on any atom is -0.497 e. The second-order valence-electron chi connectivity index (χ2n) is 7.03. The summed E-state index contributed by atoms with van der Waals surface area (Å²) in [6, 6.07) is 7.46. The van der Waals surface area contributed by atoms with Gasteiger partial charge in [0.25, 0.3) is 0 Å². The summed E-state index contributed by atoms with van der Waals surface area (Å²) in [4.78, 5) is 27.2. The molecule has 1 amide bonds. The number of amides is 1. The molecule has 1 aliphatic rings. The number of rotatable bonds is 6. The Balaban J connectivity index is 1.36. The largest absolute Gasteiger partial charge is 0.497 e. The molecule has 150 valence electrons. The normalized spacial score (nSPS) is 19.2. The molecule has 0 spiro atoms. The van der Waals surface area contributed by atoms with Crippen molar-refractivity contribution in [1.29, 1.82) is 0 Å². The van der Waals surface area contributed by atoms with Crippen LogP contribution in [0, 0.1) is 0 Å². The van der Waals surface area contributed by atoms with E-state index in [2.05, 4.69) is 30.3 Å². The summed E-state index contributed by atoms with van der Waals surface area (Å²) in [5.41, 5.74) is 1.50. The number of likely N-dealkylation sites (tertiary alicyclic amines) is 1. The maximum absolute atomic E-state index is 12.4. The van der Waals surface area contributed by atoms with Crippen LogP contribution in [0.3, 0.4) is 0 Å². The van der Waals surface area contributed by atoms with Crippen molar-refractivity contribution < 1.29 is 14.1 Å². The van der Waals surface area contributed by atoms with Gasteiger partial charge in [0.15, 0.2) is 0 Å². The third kappa shape index (κ3) is 4.40. The molecule has 0 saturated carbocycles. The summed E-state index contributed by atoms with van der Waals surface area (Å²) < 4.78 is 10.6. The van der Waals surface area contributed by atoms with Gasteiger partial charge >= 0.3 is 0 Å². The summed E-state index contributed by atoms with van der Waals surface area (Å²) in [7, 11) is 3.60. The molecule has 0 unspecified atom stereocenters. The number of aromatic nitrogens is 4. The van der Waals surface area contributed by atoms with Crippen molar-refractivity contribution in [3.8, 4) is 17.3 Å². The van der Waals surface area contributed by atoms with Gasteiger partial charge < -0.3 is 14.6 Å². The molecule has 2 aromatic heterocycles. The molecular weight excluding hydrogens is 372 g/mol. The molecule has 1 aliphatic heterocycles. The Morgan fingerprint density at radius 1 is 1.31 bits per heavy atom. The third-order valence-corrected chi connectivity index (χ3v) is 4.96. The molecule has 3 heterocycles. The van der Waals surface area contributed by atoms with Gasteiger partial charge in [0.05, 0.1) is 25.8 Å². The lowest BCUT2D eigenvalue weighted by Gasteiger charge is -2.14. The predicted molar refractivity (Wildman–Crippen MR) is 104 cm³/mol. The van der Waals surface area contributed by atoms with Gasteiger partial charge in [0, 0.05) is 25.0 Å². The second-order valence-corrected chi connectivity index (χ2v) is 7.03. The van der Waals surface area contributed by atoms with Crippen molar-refractivity contribution in [3.05, 3.63) is 54.3 Å². The average molecular weight is 394 g/mol. The Bertz CT molecular complexity index is 960. The van der Waals surface area contributed by atoms with Crippen molar-refractivity contribution in [2.45, 2.75) is 24.9 Å². The van der Waals surface area contributed by atoms with Crippen LogP contribution in [0.5, 0.6) is 5.75 Å². The molecule has 1 saturated heterocycles. The van der Waals surface area contributed by atoms with Crippen molar-refractivity contribution in [2.24, 2.45) is 0 Å². The van der Waals surface area contributed by atoms with E-state index >= 15 is 0 Å². The number of likely N-dealkylation sites (N-methyl/N-ethyl adjacent to an activating group) is 1. The zero-order valence-corrected chi connectivity index (χ0v) is 16.3. The average Bonchev–Trinajstić information content (AvgIpc) is 3.36. The van der Waals surface area contributed by atoms with Crippen LogP contribution in [0.15, 0.2) is 47.4 Å². The molecule has 9 heteroatoms. The van der Waals surface area contributed by atoms with E-state index in [1.165, 1.54) is 0 Å². The Morgan fingerprint density at radius 3 is 2.86 bits per heavy atom. The molecule has 9 nitrogen and oxygen atoms in total. The van der Waals surface area contributed by atoms with E-state index in [9.17, 15) is 4.79 Å². The van der Waals surface area contributed by atoms with Crippen molar-refractivity contribution in [1.82, 2.24) is 30.3 Å². The molecule has 29 heavy (non-hydrogen) atoms. The number of hydrogen-bond acceptors (Lipinski definition) is 8. The summed E-state index contributed by atoms with van der Waals surface area (Å²) in [6.45, 7) is 0.710. The second kappa shape index (κ2) is 8.36. The highest BCUT2D eigenvalue weighted by Crippen LogP contribution is 2.30. The Hall–Kier alpha value is -3.33. The van der Waals surface area contributed by atoms with Gasteiger partial charge in [-0.1, -0.05) is 17.3 Å². The highest BCUT2D eigenvalue weighted by molar-refractivity contribution is 5.79. The van der Waals surface area contributed by atoms with Gasteiger partial charge in [-0.25, -0.2) is 4.98 Å². The van der Waals surface area contributed by atoms with E-state index in [1.54, 1.807) is 25.7 Å². The Labute approximate surface area is 168 Å². The highest BCUT2D eigenvalue weighted by atomic mass is 16.5. The summed E-state index contributed by atoms with van der Waals surface area (Å²) in [5, 5.41) is 7.11. The van der Waals surface area contributed by atoms with E-state index in [-0.39, 0.29) is 18.0 Å². The smallest absolute Gasteiger partial charge is 0.244 e. The van der Waals surface area contributed by atoms with Crippen LogP contribution in [-0.4, -0.2) is 57.7 Å². The van der Waals surface area contributed by atoms with Gasteiger partial charge in [-0.05, 0) is 31.2 Å². The predicted octanol–water partition coefficient (Wildman–Crippen LogP) is 1.64. The molecule has 1 aromatic carbocycles. The first-order valence-corrected chi connectivity index (χ1v) is 9.35. The van der Waals surface area contributed by atoms with E-state index in [0.717, 1.165) is 11.3 Å². The van der Waals surface area contributed by atoms with Gasteiger partial charge in [-0.15, -0.1) is 0 Å². The SMILES string of the molecule is COc1ccc(CC(=O)N[C@H]2C[C@@H](c3nc(-c4cnccn4)no3)N(C)C2)cc1. The number of hydrogen-bond donors (Lipinski definition) is 1. The van der Waals surface area contributed by atoms with E-state index in [0.29, 0.717) is 36.8 Å². The van der Waals surface area contributed by atoms with E-state index in [4.69, 9.17) is 9.26 Å². The first-order chi connectivity index (χ1) is 14.1. The summed E-state index contributed by atoms with van der Waals surface area (Å²) >= 11 is 0. The zero-order valence-electron chi connectivity index (χ0n) is 16.3. The van der Waals surface area contributed by atoms with Crippen molar-refractivity contribution in [2.75, 3.05) is 20.7 Å².